The summed E-state index contributed by atoms with van der Waals surface area (Å²) in [5.74, 6) is -1.34. The topological polar surface area (TPSA) is 117 Å². The van der Waals surface area contributed by atoms with E-state index < -0.39 is 36.6 Å². The Balaban J connectivity index is 1.54. The molecule has 3 N–H and O–H groups in total. The largest absolute Gasteiger partial charge is 0.480 e. The number of anilines is 1. The summed E-state index contributed by atoms with van der Waals surface area (Å²) in [5, 5.41) is 16.1. The number of halogens is 2. The van der Waals surface area contributed by atoms with E-state index in [-0.39, 0.29) is 6.42 Å². The summed E-state index contributed by atoms with van der Waals surface area (Å²) in [4.78, 5) is 35.6. The number of carbonyl (C=O) groups excluding carboxylic acids is 1. The number of fused-ring (bicyclic) bond motifs is 1. The van der Waals surface area contributed by atoms with E-state index in [0.717, 1.165) is 50.2 Å². The zero-order valence-corrected chi connectivity index (χ0v) is 23.4. The van der Waals surface area contributed by atoms with E-state index in [4.69, 9.17) is 21.3 Å². The van der Waals surface area contributed by atoms with Gasteiger partial charge < -0.3 is 25.4 Å². The number of amides is 1. The molecule has 1 aliphatic heterocycles. The highest BCUT2D eigenvalue weighted by Gasteiger charge is 2.26. The second-order valence-electron chi connectivity index (χ2n) is 9.89. The van der Waals surface area contributed by atoms with E-state index >= 15 is 0 Å². The average Bonchev–Trinajstić information content (AvgIpc) is 2.95. The van der Waals surface area contributed by atoms with Crippen LogP contribution in [0, 0.1) is 0 Å². The van der Waals surface area contributed by atoms with Gasteiger partial charge in [0, 0.05) is 38.6 Å². The van der Waals surface area contributed by atoms with Crippen molar-refractivity contribution in [2.24, 2.45) is 0 Å². The predicted octanol–water partition coefficient (Wildman–Crippen LogP) is 3.86. The van der Waals surface area contributed by atoms with E-state index in [9.17, 15) is 19.1 Å². The Kier molecular flexibility index (Phi) is 12.4. The molecule has 0 spiro atoms. The molecule has 3 heterocycles. The van der Waals surface area contributed by atoms with Gasteiger partial charge in [-0.15, -0.1) is 0 Å². The zero-order valence-electron chi connectivity index (χ0n) is 22.7. The van der Waals surface area contributed by atoms with Crippen LogP contribution in [0.15, 0.2) is 30.5 Å². The number of nitrogens with zero attached hydrogens (tertiary/aromatic N) is 3. The van der Waals surface area contributed by atoms with E-state index in [2.05, 4.69) is 27.8 Å². The number of ether oxygens (including phenoxy) is 1. The molecule has 11 heteroatoms. The number of carboxylic acids is 1. The molecule has 214 valence electrons. The van der Waals surface area contributed by atoms with Crippen molar-refractivity contribution in [2.45, 2.75) is 63.5 Å². The van der Waals surface area contributed by atoms with E-state index in [0.29, 0.717) is 30.4 Å². The molecule has 3 atom stereocenters. The summed E-state index contributed by atoms with van der Waals surface area (Å²) in [5.41, 5.74) is 2.67. The smallest absolute Gasteiger partial charge is 0.326 e. The lowest BCUT2D eigenvalue weighted by atomic mass is 10.0. The lowest BCUT2D eigenvalue weighted by Crippen LogP contribution is -2.45. The number of aromatic nitrogens is 2. The quantitative estimate of drug-likeness (QED) is 0.264. The maximum atomic E-state index is 13.4. The van der Waals surface area contributed by atoms with Gasteiger partial charge in [-0.3, -0.25) is 9.78 Å². The lowest BCUT2D eigenvalue weighted by molar-refractivity contribution is -0.142. The Bertz CT molecular complexity index is 1090. The number of carbonyl (C=O) groups is 2. The number of methoxy groups -OCH3 is 1. The fourth-order valence-electron chi connectivity index (χ4n) is 4.62. The molecule has 0 radical (unpaired) electrons. The number of aliphatic carboxylic acids is 1. The molecule has 9 nitrogen and oxygen atoms in total. The second kappa shape index (κ2) is 15.7. The minimum atomic E-state index is -1.14. The van der Waals surface area contributed by atoms with Crippen molar-refractivity contribution >= 4 is 29.3 Å². The van der Waals surface area contributed by atoms with Gasteiger partial charge in [-0.25, -0.2) is 14.2 Å². The highest BCUT2D eigenvalue weighted by molar-refractivity contribution is 6.31. The predicted molar refractivity (Wildman–Crippen MR) is 149 cm³/mol. The van der Waals surface area contributed by atoms with Gasteiger partial charge in [-0.05, 0) is 75.8 Å². The number of pyridine rings is 2. The van der Waals surface area contributed by atoms with Crippen molar-refractivity contribution in [2.75, 3.05) is 45.3 Å². The van der Waals surface area contributed by atoms with Gasteiger partial charge >= 0.3 is 5.97 Å². The molecule has 0 aliphatic carbocycles. The van der Waals surface area contributed by atoms with Gasteiger partial charge in [0.05, 0.1) is 22.7 Å². The van der Waals surface area contributed by atoms with Crippen LogP contribution in [-0.4, -0.2) is 84.0 Å². The van der Waals surface area contributed by atoms with E-state index in [1.165, 1.54) is 18.9 Å². The number of nitrogens with one attached hydrogen (secondary N) is 2. The zero-order chi connectivity index (χ0) is 28.2. The van der Waals surface area contributed by atoms with Crippen molar-refractivity contribution < 1.29 is 23.8 Å². The number of hydrogen-bond donors (Lipinski definition) is 3. The van der Waals surface area contributed by atoms with E-state index in [1.807, 2.05) is 4.90 Å². The van der Waals surface area contributed by atoms with Crippen LogP contribution in [0.25, 0.3) is 0 Å². The molecule has 0 saturated heterocycles. The molecule has 1 aliphatic rings. The summed E-state index contributed by atoms with van der Waals surface area (Å²) in [7, 11) is 1.46. The Morgan fingerprint density at radius 1 is 1.28 bits per heavy atom. The molecule has 3 rings (SSSR count). The minimum Gasteiger partial charge on any atom is -0.480 e. The van der Waals surface area contributed by atoms with Crippen LogP contribution in [0.1, 0.15) is 55.5 Å². The van der Waals surface area contributed by atoms with Crippen LogP contribution in [0.5, 0.6) is 0 Å². The van der Waals surface area contributed by atoms with Crippen molar-refractivity contribution in [3.63, 3.8) is 0 Å². The van der Waals surface area contributed by atoms with Gasteiger partial charge in [0.25, 0.3) is 0 Å². The SMILES string of the molecule is CO[C@H](CF)CN(CCCCc1ccc2c(n1)NCCC2)CC[C@H](NC(=O)C(C)c1ncccc1Cl)C(=O)O. The molecule has 1 amide bonds. The van der Waals surface area contributed by atoms with Crippen molar-refractivity contribution in [1.29, 1.82) is 0 Å². The first kappa shape index (κ1) is 30.7. The number of hydrogen-bond acceptors (Lipinski definition) is 7. The van der Waals surface area contributed by atoms with Crippen LogP contribution in [0.2, 0.25) is 5.02 Å². The first-order valence-electron chi connectivity index (χ1n) is 13.5. The molecule has 2 aromatic rings. The Morgan fingerprint density at radius 3 is 2.82 bits per heavy atom. The number of carboxylic acid groups (broad SMARTS) is 1. The van der Waals surface area contributed by atoms with Gasteiger partial charge in [-0.1, -0.05) is 17.7 Å². The van der Waals surface area contributed by atoms with Crippen molar-refractivity contribution in [1.82, 2.24) is 20.2 Å². The maximum absolute atomic E-state index is 13.4. The average molecular weight is 564 g/mol. The lowest BCUT2D eigenvalue weighted by Gasteiger charge is -2.27. The summed E-state index contributed by atoms with van der Waals surface area (Å²) >= 11 is 6.16. The standard InChI is InChI=1S/C28H39ClFN5O4/c1-19(25-23(29)9-6-13-31-25)27(36)34-24(28(37)38)12-16-35(18-22(17-30)39-2)15-4-3-8-21-11-10-20-7-5-14-32-26(20)33-21/h6,9-11,13,19,22,24H,3-5,7-8,12,14-18H2,1-2H3,(H,32,33)(H,34,36)(H,37,38)/t19?,22-,24+/m1/s1. The Labute approximate surface area is 234 Å². The third-order valence-electron chi connectivity index (χ3n) is 7.02. The van der Waals surface area contributed by atoms with Crippen LogP contribution < -0.4 is 10.6 Å². The molecule has 0 saturated carbocycles. The number of alkyl halides is 1. The number of aryl methyl sites for hydroxylation is 2. The third-order valence-corrected chi connectivity index (χ3v) is 7.33. The fraction of sp³-hybridized carbons (Fsp3) is 0.571. The highest BCUT2D eigenvalue weighted by Crippen LogP contribution is 2.22. The summed E-state index contributed by atoms with van der Waals surface area (Å²) in [6.07, 6.45) is 5.79. The molecular weight excluding hydrogens is 525 g/mol. The molecule has 1 unspecified atom stereocenters. The Hall–Kier alpha value is -2.82. The number of unbranched alkanes of at least 4 members (excludes halogenated alkanes) is 1. The normalized spacial score (nSPS) is 15.2. The minimum absolute atomic E-state index is 0.157. The van der Waals surface area contributed by atoms with Crippen LogP contribution in [0.4, 0.5) is 10.2 Å². The molecule has 39 heavy (non-hydrogen) atoms. The van der Waals surface area contributed by atoms with Gasteiger partial charge in [0.1, 0.15) is 18.5 Å². The second-order valence-corrected chi connectivity index (χ2v) is 10.3. The summed E-state index contributed by atoms with van der Waals surface area (Å²) < 4.78 is 18.6. The monoisotopic (exact) mass is 563 g/mol. The fourth-order valence-corrected chi connectivity index (χ4v) is 4.91. The van der Waals surface area contributed by atoms with Crippen LogP contribution in [0.3, 0.4) is 0 Å². The summed E-state index contributed by atoms with van der Waals surface area (Å²) in [6.45, 7) is 3.27. The van der Waals surface area contributed by atoms with Crippen LogP contribution >= 0.6 is 11.6 Å². The van der Waals surface area contributed by atoms with Gasteiger partial charge in [0.15, 0.2) is 0 Å². The molecular formula is C28H39ClFN5O4. The summed E-state index contributed by atoms with van der Waals surface area (Å²) in [6, 6.07) is 6.41. The van der Waals surface area contributed by atoms with Gasteiger partial charge in [-0.2, -0.15) is 0 Å². The Morgan fingerprint density at radius 2 is 2.10 bits per heavy atom. The molecule has 2 aromatic heterocycles. The first-order chi connectivity index (χ1) is 18.8. The van der Waals surface area contributed by atoms with Crippen LogP contribution in [-0.2, 0) is 27.2 Å². The maximum Gasteiger partial charge on any atom is 0.326 e. The third kappa shape index (κ3) is 9.40. The molecule has 0 bridgehead atoms. The first-order valence-corrected chi connectivity index (χ1v) is 13.9. The highest BCUT2D eigenvalue weighted by atomic mass is 35.5. The van der Waals surface area contributed by atoms with Crippen molar-refractivity contribution in [3.05, 3.63) is 52.4 Å². The van der Waals surface area contributed by atoms with Crippen molar-refractivity contribution in [3.8, 4) is 0 Å². The number of rotatable bonds is 16. The molecule has 0 aromatic carbocycles. The van der Waals surface area contributed by atoms with Gasteiger partial charge in [0.2, 0.25) is 5.91 Å². The van der Waals surface area contributed by atoms with E-state index in [1.54, 1.807) is 19.1 Å². The molecule has 0 fully saturated rings.